The summed E-state index contributed by atoms with van der Waals surface area (Å²) in [6, 6.07) is 0. The van der Waals surface area contributed by atoms with Gasteiger partial charge < -0.3 is 10.2 Å². The summed E-state index contributed by atoms with van der Waals surface area (Å²) in [6.07, 6.45) is 33.7. The van der Waals surface area contributed by atoms with Crippen LogP contribution in [0.25, 0.3) is 0 Å². The zero-order chi connectivity index (χ0) is 37.5. The first-order valence-corrected chi connectivity index (χ1v) is 21.0. The fourth-order valence-corrected chi connectivity index (χ4v) is 5.85. The molecular weight excluding hydrogens is 648 g/mol. The Morgan fingerprint density at radius 1 is 0.469 bits per heavy atom. The summed E-state index contributed by atoms with van der Waals surface area (Å²) in [5, 5.41) is 17.5. The van der Waals surface area contributed by atoms with Crippen molar-refractivity contribution in [3.05, 3.63) is 11.6 Å². The number of aliphatic carboxylic acids is 1. The van der Waals surface area contributed by atoms with Crippen LogP contribution in [-0.4, -0.2) is 33.9 Å². The van der Waals surface area contributed by atoms with Gasteiger partial charge in [-0.3, -0.25) is 9.59 Å². The van der Waals surface area contributed by atoms with Crippen LogP contribution in [-0.2, 0) is 38.1 Å². The molecule has 0 aromatic carbocycles. The molecule has 0 aromatic heterocycles. The molecular formula is C42H80O6Ti. The number of allylic oxidation sites excluding steroid dienone is 1. The van der Waals surface area contributed by atoms with Crippen LogP contribution < -0.4 is 0 Å². The average molecular weight is 729 g/mol. The van der Waals surface area contributed by atoms with Crippen molar-refractivity contribution in [2.75, 3.05) is 0 Å². The molecule has 0 rings (SSSR count). The molecule has 288 valence electrons. The van der Waals surface area contributed by atoms with E-state index in [4.69, 9.17) is 8.43 Å². The van der Waals surface area contributed by atoms with Crippen LogP contribution in [0, 0.1) is 11.8 Å². The van der Waals surface area contributed by atoms with E-state index in [2.05, 4.69) is 27.7 Å². The molecule has 0 radical (unpaired) electrons. The number of unbranched alkanes of at least 4 members (excludes halogenated alkanes) is 22. The minimum absolute atomic E-state index is 0.167. The number of Topliss-reactive ketones (excluding diaryl/α,β-unsaturated/α-hetero) is 1. The van der Waals surface area contributed by atoms with Gasteiger partial charge in [-0.05, 0) is 44.6 Å². The number of aliphatic hydroxyl groups excluding tert-OH is 1. The number of hydrogen-bond acceptors (Lipinski definition) is 5. The van der Waals surface area contributed by atoms with E-state index in [1.807, 2.05) is 0 Å². The van der Waals surface area contributed by atoms with Crippen LogP contribution in [0.5, 0.6) is 0 Å². The number of carbonyl (C=O) groups excluding carboxylic acids is 2. The molecule has 0 saturated carbocycles. The van der Waals surface area contributed by atoms with E-state index in [1.54, 1.807) is 13.8 Å². The van der Waals surface area contributed by atoms with Crippen molar-refractivity contribution in [3.63, 3.8) is 0 Å². The van der Waals surface area contributed by atoms with Crippen LogP contribution in [0.15, 0.2) is 11.6 Å². The summed E-state index contributed by atoms with van der Waals surface area (Å²) in [4.78, 5) is 36.4. The molecule has 0 amide bonds. The SMILES string of the molecule is CC(C)CCCCCCCCCCCCCCC(=O)C=C(C(=O)O)C(=O)CCCCCCCCCCCCCCC(C)C.CC(C)O.[O]=[Ti]. The van der Waals surface area contributed by atoms with Crippen molar-refractivity contribution in [2.24, 2.45) is 11.8 Å². The van der Waals surface area contributed by atoms with Gasteiger partial charge in [0.05, 0.1) is 0 Å². The van der Waals surface area contributed by atoms with Gasteiger partial charge in [-0.15, -0.1) is 0 Å². The van der Waals surface area contributed by atoms with Gasteiger partial charge in [-0.1, -0.05) is 182 Å². The van der Waals surface area contributed by atoms with Gasteiger partial charge >= 0.3 is 29.7 Å². The fourth-order valence-electron chi connectivity index (χ4n) is 5.85. The third kappa shape index (κ3) is 47.0. The van der Waals surface area contributed by atoms with Crippen molar-refractivity contribution in [1.82, 2.24) is 0 Å². The number of carbonyl (C=O) groups is 3. The molecule has 0 saturated heterocycles. The summed E-state index contributed by atoms with van der Waals surface area (Å²) in [5.74, 6) is -0.233. The molecule has 0 aromatic rings. The van der Waals surface area contributed by atoms with Crippen LogP contribution in [0.2, 0.25) is 0 Å². The second kappa shape index (κ2) is 41.4. The molecule has 0 bridgehead atoms. The third-order valence-corrected chi connectivity index (χ3v) is 8.73. The van der Waals surface area contributed by atoms with Gasteiger partial charge in [0.1, 0.15) is 5.57 Å². The van der Waals surface area contributed by atoms with E-state index in [-0.39, 0.29) is 23.9 Å². The van der Waals surface area contributed by atoms with Crippen molar-refractivity contribution in [1.29, 1.82) is 0 Å². The molecule has 6 nitrogen and oxygen atoms in total. The summed E-state index contributed by atoms with van der Waals surface area (Å²) in [7, 11) is 0. The Balaban J connectivity index is -0.00000326. The number of ketones is 2. The zero-order valence-electron chi connectivity index (χ0n) is 33.1. The van der Waals surface area contributed by atoms with E-state index in [0.717, 1.165) is 70.4 Å². The predicted octanol–water partition coefficient (Wildman–Crippen LogP) is 12.6. The summed E-state index contributed by atoms with van der Waals surface area (Å²) in [5.41, 5.74) is -0.325. The molecule has 0 atom stereocenters. The van der Waals surface area contributed by atoms with Crippen LogP contribution in [0.1, 0.15) is 221 Å². The van der Waals surface area contributed by atoms with E-state index < -0.39 is 11.8 Å². The third-order valence-electron chi connectivity index (χ3n) is 8.73. The Bertz CT molecular complexity index is 774. The number of aliphatic hydroxyl groups is 1. The summed E-state index contributed by atoms with van der Waals surface area (Å²) >= 11 is 0.750. The molecule has 0 aliphatic rings. The van der Waals surface area contributed by atoms with Gasteiger partial charge in [0.25, 0.3) is 0 Å². The van der Waals surface area contributed by atoms with Crippen LogP contribution in [0.3, 0.4) is 0 Å². The molecule has 0 heterocycles. The first kappa shape index (κ1) is 52.4. The van der Waals surface area contributed by atoms with E-state index in [0.29, 0.717) is 12.8 Å². The van der Waals surface area contributed by atoms with Gasteiger partial charge in [-0.25, -0.2) is 4.79 Å². The fraction of sp³-hybridized carbons (Fsp3) is 0.881. The van der Waals surface area contributed by atoms with Gasteiger partial charge in [-0.2, -0.15) is 0 Å². The summed E-state index contributed by atoms with van der Waals surface area (Å²) < 4.78 is 8.25. The van der Waals surface area contributed by atoms with E-state index in [9.17, 15) is 19.5 Å². The van der Waals surface area contributed by atoms with Crippen molar-refractivity contribution in [2.45, 2.75) is 227 Å². The van der Waals surface area contributed by atoms with E-state index >= 15 is 0 Å². The molecule has 0 unspecified atom stereocenters. The number of carboxylic acid groups (broad SMARTS) is 1. The predicted molar refractivity (Wildman–Crippen MR) is 203 cm³/mol. The maximum atomic E-state index is 12.5. The Morgan fingerprint density at radius 3 is 0.980 bits per heavy atom. The molecule has 0 fully saturated rings. The first-order chi connectivity index (χ1) is 23.5. The van der Waals surface area contributed by atoms with Gasteiger partial charge in [0, 0.05) is 18.9 Å². The van der Waals surface area contributed by atoms with Gasteiger partial charge in [0.2, 0.25) is 0 Å². The summed E-state index contributed by atoms with van der Waals surface area (Å²) in [6.45, 7) is 12.6. The standard InChI is InChI=1S/C39H72O4.C3H8O.O.Ti/c1-34(2)29-25-21-17-13-9-5-7-11-15-19-23-27-31-36(40)33-37(39(42)43)38(41)32-28-24-20-16-12-8-6-10-14-18-22-26-30-35(3)4;1-3(2)4;;/h33-35H,5-32H2,1-4H3,(H,42,43);3-4H,1-2H3;;. The Hall–Kier alpha value is -0.976. The molecule has 0 aliphatic carbocycles. The normalized spacial score (nSPS) is 11.3. The molecule has 2 N–H and O–H groups in total. The van der Waals surface area contributed by atoms with Crippen LogP contribution in [0.4, 0.5) is 0 Å². The maximum absolute atomic E-state index is 12.5. The van der Waals surface area contributed by atoms with Crippen LogP contribution >= 0.6 is 0 Å². The second-order valence-electron chi connectivity index (χ2n) is 15.2. The minimum atomic E-state index is -1.27. The van der Waals surface area contributed by atoms with E-state index in [1.165, 1.54) is 128 Å². The molecule has 0 aliphatic heterocycles. The van der Waals surface area contributed by atoms with Gasteiger partial charge in [0.15, 0.2) is 11.6 Å². The quantitative estimate of drug-likeness (QED) is 0.0229. The molecule has 0 spiro atoms. The number of rotatable bonds is 33. The van der Waals surface area contributed by atoms with Crippen molar-refractivity contribution in [3.8, 4) is 0 Å². The number of hydrogen-bond donors (Lipinski definition) is 2. The van der Waals surface area contributed by atoms with Crippen molar-refractivity contribution < 1.29 is 48.3 Å². The molecule has 7 heteroatoms. The second-order valence-corrected chi connectivity index (χ2v) is 15.2. The Kier molecular flexibility index (Phi) is 44.3. The monoisotopic (exact) mass is 729 g/mol. The first-order valence-electron chi connectivity index (χ1n) is 20.4. The van der Waals surface area contributed by atoms with Crippen molar-refractivity contribution >= 4 is 17.5 Å². The molecule has 49 heavy (non-hydrogen) atoms. The zero-order valence-corrected chi connectivity index (χ0v) is 34.7. The topological polar surface area (TPSA) is 109 Å². The Morgan fingerprint density at radius 2 is 0.714 bits per heavy atom. The average Bonchev–Trinajstić information content (AvgIpc) is 3.04. The Labute approximate surface area is 315 Å². The number of carboxylic acids is 1.